The van der Waals surface area contributed by atoms with E-state index in [-0.39, 0.29) is 6.04 Å². The van der Waals surface area contributed by atoms with Gasteiger partial charge in [0.2, 0.25) is 0 Å². The highest BCUT2D eigenvalue weighted by Gasteiger charge is 2.09. The van der Waals surface area contributed by atoms with Crippen LogP contribution in [0.15, 0.2) is 42.5 Å². The standard InChI is InChI=1S/C15H15Cl2NO/c1-10(18)14-8-13(17)6-7-15(14)19-9-11-2-4-12(16)5-3-11/h2-8,10H,9,18H2,1H3/t10-/m0/s1. The summed E-state index contributed by atoms with van der Waals surface area (Å²) < 4.78 is 5.80. The van der Waals surface area contributed by atoms with Crippen molar-refractivity contribution >= 4 is 23.2 Å². The van der Waals surface area contributed by atoms with Crippen molar-refractivity contribution in [1.29, 1.82) is 0 Å². The second kappa shape index (κ2) is 6.29. The average Bonchev–Trinajstić information content (AvgIpc) is 2.39. The minimum atomic E-state index is -0.126. The molecule has 0 saturated heterocycles. The van der Waals surface area contributed by atoms with E-state index in [0.717, 1.165) is 16.9 Å². The summed E-state index contributed by atoms with van der Waals surface area (Å²) in [5, 5.41) is 1.37. The van der Waals surface area contributed by atoms with Crippen LogP contribution in [-0.4, -0.2) is 0 Å². The summed E-state index contributed by atoms with van der Waals surface area (Å²) in [7, 11) is 0. The minimum absolute atomic E-state index is 0.126. The third-order valence-electron chi connectivity index (χ3n) is 2.77. The first-order chi connectivity index (χ1) is 9.06. The lowest BCUT2D eigenvalue weighted by atomic mass is 10.1. The van der Waals surface area contributed by atoms with E-state index < -0.39 is 0 Å². The second-order valence-corrected chi connectivity index (χ2v) is 5.26. The Hall–Kier alpha value is -1.22. The van der Waals surface area contributed by atoms with Crippen molar-refractivity contribution in [3.63, 3.8) is 0 Å². The van der Waals surface area contributed by atoms with Crippen molar-refractivity contribution in [2.45, 2.75) is 19.6 Å². The number of nitrogens with two attached hydrogens (primary N) is 1. The molecule has 2 rings (SSSR count). The summed E-state index contributed by atoms with van der Waals surface area (Å²) in [4.78, 5) is 0. The van der Waals surface area contributed by atoms with E-state index in [1.165, 1.54) is 0 Å². The molecule has 0 bridgehead atoms. The fraction of sp³-hybridized carbons (Fsp3) is 0.200. The monoisotopic (exact) mass is 295 g/mol. The number of halogens is 2. The van der Waals surface area contributed by atoms with Crippen LogP contribution in [0.25, 0.3) is 0 Å². The van der Waals surface area contributed by atoms with E-state index in [1.807, 2.05) is 43.3 Å². The van der Waals surface area contributed by atoms with E-state index in [9.17, 15) is 0 Å². The van der Waals surface area contributed by atoms with Gasteiger partial charge in [-0.1, -0.05) is 35.3 Å². The highest BCUT2D eigenvalue weighted by atomic mass is 35.5. The number of hydrogen-bond donors (Lipinski definition) is 1. The topological polar surface area (TPSA) is 35.2 Å². The van der Waals surface area contributed by atoms with Crippen LogP contribution in [-0.2, 0) is 6.61 Å². The Morgan fingerprint density at radius 1 is 1.05 bits per heavy atom. The van der Waals surface area contributed by atoms with Gasteiger partial charge < -0.3 is 10.5 Å². The Morgan fingerprint density at radius 3 is 2.32 bits per heavy atom. The Morgan fingerprint density at radius 2 is 1.68 bits per heavy atom. The molecule has 100 valence electrons. The first kappa shape index (κ1) is 14.2. The maximum absolute atomic E-state index is 5.97. The maximum atomic E-state index is 5.97. The normalized spacial score (nSPS) is 12.2. The molecule has 1 atom stereocenters. The molecule has 0 aliphatic heterocycles. The van der Waals surface area contributed by atoms with Gasteiger partial charge in [-0.2, -0.15) is 0 Å². The Balaban J connectivity index is 2.13. The van der Waals surface area contributed by atoms with Gasteiger partial charge in [0.1, 0.15) is 12.4 Å². The summed E-state index contributed by atoms with van der Waals surface area (Å²) in [6.07, 6.45) is 0. The van der Waals surface area contributed by atoms with Gasteiger partial charge >= 0.3 is 0 Å². The molecule has 2 aromatic carbocycles. The summed E-state index contributed by atoms with van der Waals surface area (Å²) in [5.41, 5.74) is 7.87. The van der Waals surface area contributed by atoms with Gasteiger partial charge in [-0.25, -0.2) is 0 Å². The van der Waals surface area contributed by atoms with Gasteiger partial charge in [-0.05, 0) is 42.8 Å². The zero-order valence-corrected chi connectivity index (χ0v) is 12.1. The molecule has 0 unspecified atom stereocenters. The average molecular weight is 296 g/mol. The first-order valence-corrected chi connectivity index (χ1v) is 6.74. The fourth-order valence-corrected chi connectivity index (χ4v) is 2.05. The third-order valence-corrected chi connectivity index (χ3v) is 3.26. The van der Waals surface area contributed by atoms with Gasteiger partial charge in [0.25, 0.3) is 0 Å². The van der Waals surface area contributed by atoms with Crippen molar-refractivity contribution in [3.05, 3.63) is 63.6 Å². The molecule has 0 saturated carbocycles. The zero-order chi connectivity index (χ0) is 13.8. The van der Waals surface area contributed by atoms with E-state index >= 15 is 0 Å². The predicted molar refractivity (Wildman–Crippen MR) is 79.8 cm³/mol. The Kier molecular flexibility index (Phi) is 4.70. The maximum Gasteiger partial charge on any atom is 0.124 e. The Bertz CT molecular complexity index is 553. The lowest BCUT2D eigenvalue weighted by molar-refractivity contribution is 0.301. The van der Waals surface area contributed by atoms with Gasteiger partial charge in [0, 0.05) is 21.7 Å². The summed E-state index contributed by atoms with van der Waals surface area (Å²) in [5.74, 6) is 0.759. The number of rotatable bonds is 4. The molecule has 0 heterocycles. The van der Waals surface area contributed by atoms with Crippen LogP contribution < -0.4 is 10.5 Å². The third kappa shape index (κ3) is 3.87. The molecule has 0 spiro atoms. The predicted octanol–water partition coefficient (Wildman–Crippen LogP) is 4.59. The first-order valence-electron chi connectivity index (χ1n) is 5.98. The van der Waals surface area contributed by atoms with Crippen molar-refractivity contribution < 1.29 is 4.74 Å². The molecule has 2 nitrogen and oxygen atoms in total. The molecule has 0 aliphatic carbocycles. The van der Waals surface area contributed by atoms with Crippen LogP contribution in [0.3, 0.4) is 0 Å². The number of hydrogen-bond acceptors (Lipinski definition) is 2. The summed E-state index contributed by atoms with van der Waals surface area (Å²) in [6, 6.07) is 12.9. The highest BCUT2D eigenvalue weighted by Crippen LogP contribution is 2.28. The molecule has 0 amide bonds. The molecule has 2 N–H and O–H groups in total. The molecule has 0 radical (unpaired) electrons. The largest absolute Gasteiger partial charge is 0.489 e. The minimum Gasteiger partial charge on any atom is -0.489 e. The van der Waals surface area contributed by atoms with Gasteiger partial charge in [0.05, 0.1) is 0 Å². The number of benzene rings is 2. The lowest BCUT2D eigenvalue weighted by Gasteiger charge is -2.14. The number of ether oxygens (including phenoxy) is 1. The molecular weight excluding hydrogens is 281 g/mol. The van der Waals surface area contributed by atoms with Crippen LogP contribution in [0.2, 0.25) is 10.0 Å². The molecule has 4 heteroatoms. The fourth-order valence-electron chi connectivity index (χ4n) is 1.75. The van der Waals surface area contributed by atoms with E-state index in [1.54, 1.807) is 6.07 Å². The smallest absolute Gasteiger partial charge is 0.124 e. The van der Waals surface area contributed by atoms with Gasteiger partial charge in [-0.15, -0.1) is 0 Å². The summed E-state index contributed by atoms with van der Waals surface area (Å²) >= 11 is 11.8. The van der Waals surface area contributed by atoms with E-state index in [0.29, 0.717) is 16.7 Å². The Labute approximate surface area is 123 Å². The zero-order valence-electron chi connectivity index (χ0n) is 10.6. The molecule has 0 aliphatic rings. The molecule has 0 aromatic heterocycles. The van der Waals surface area contributed by atoms with E-state index in [2.05, 4.69) is 0 Å². The van der Waals surface area contributed by atoms with E-state index in [4.69, 9.17) is 33.7 Å². The lowest BCUT2D eigenvalue weighted by Crippen LogP contribution is -2.08. The van der Waals surface area contributed by atoms with Crippen LogP contribution >= 0.6 is 23.2 Å². The van der Waals surface area contributed by atoms with Crippen molar-refractivity contribution in [2.24, 2.45) is 5.73 Å². The molecular formula is C15H15Cl2NO. The highest BCUT2D eigenvalue weighted by molar-refractivity contribution is 6.30. The second-order valence-electron chi connectivity index (χ2n) is 4.39. The van der Waals surface area contributed by atoms with Crippen LogP contribution in [0, 0.1) is 0 Å². The SMILES string of the molecule is C[C@H](N)c1cc(Cl)ccc1OCc1ccc(Cl)cc1. The molecule has 0 fully saturated rings. The van der Waals surface area contributed by atoms with Crippen LogP contribution in [0.5, 0.6) is 5.75 Å². The molecule has 2 aromatic rings. The quantitative estimate of drug-likeness (QED) is 0.895. The van der Waals surface area contributed by atoms with Crippen LogP contribution in [0.1, 0.15) is 24.1 Å². The summed E-state index contributed by atoms with van der Waals surface area (Å²) in [6.45, 7) is 2.37. The van der Waals surface area contributed by atoms with Crippen LogP contribution in [0.4, 0.5) is 0 Å². The van der Waals surface area contributed by atoms with Crippen molar-refractivity contribution in [1.82, 2.24) is 0 Å². The van der Waals surface area contributed by atoms with Crippen molar-refractivity contribution in [2.75, 3.05) is 0 Å². The van der Waals surface area contributed by atoms with Gasteiger partial charge in [0.15, 0.2) is 0 Å². The van der Waals surface area contributed by atoms with Gasteiger partial charge in [-0.3, -0.25) is 0 Å². The van der Waals surface area contributed by atoms with Crippen molar-refractivity contribution in [3.8, 4) is 5.75 Å². The molecule has 19 heavy (non-hydrogen) atoms.